The molecule has 2 heterocycles. The molecule has 2 aromatic carbocycles. The van der Waals surface area contributed by atoms with Gasteiger partial charge in [0, 0.05) is 12.5 Å². The zero-order valence-corrected chi connectivity index (χ0v) is 19.0. The van der Waals surface area contributed by atoms with Crippen LogP contribution in [0.25, 0.3) is 5.69 Å². The maximum atomic E-state index is 14.5. The predicted octanol–water partition coefficient (Wildman–Crippen LogP) is 2.92. The van der Waals surface area contributed by atoms with E-state index in [9.17, 15) is 23.9 Å². The summed E-state index contributed by atoms with van der Waals surface area (Å²) in [5.41, 5.74) is 1.52. The highest BCUT2D eigenvalue weighted by molar-refractivity contribution is 5.93. The summed E-state index contributed by atoms with van der Waals surface area (Å²) >= 11 is 0. The molecule has 2 amide bonds. The highest BCUT2D eigenvalue weighted by atomic mass is 19.1. The smallest absolute Gasteiger partial charge is 0.305 e. The van der Waals surface area contributed by atoms with Crippen molar-refractivity contribution in [3.63, 3.8) is 0 Å². The summed E-state index contributed by atoms with van der Waals surface area (Å²) in [6, 6.07) is 13.5. The molecular weight excluding hydrogens is 455 g/mol. The van der Waals surface area contributed by atoms with Crippen molar-refractivity contribution >= 4 is 17.8 Å². The van der Waals surface area contributed by atoms with Gasteiger partial charge in [0.25, 0.3) is 5.91 Å². The van der Waals surface area contributed by atoms with E-state index < -0.39 is 23.7 Å². The number of rotatable bonds is 9. The maximum Gasteiger partial charge on any atom is 0.305 e. The van der Waals surface area contributed by atoms with Crippen LogP contribution in [-0.4, -0.2) is 45.3 Å². The lowest BCUT2D eigenvalue weighted by atomic mass is 9.98. The van der Waals surface area contributed by atoms with E-state index in [1.165, 1.54) is 28.9 Å². The van der Waals surface area contributed by atoms with Gasteiger partial charge in [0.15, 0.2) is 5.69 Å². The average molecular weight is 480 g/mol. The Labute approximate surface area is 200 Å². The van der Waals surface area contributed by atoms with Crippen LogP contribution >= 0.6 is 0 Å². The van der Waals surface area contributed by atoms with Crippen LogP contribution < -0.4 is 15.4 Å². The largest absolute Gasteiger partial charge is 0.481 e. The van der Waals surface area contributed by atoms with Crippen molar-refractivity contribution in [2.24, 2.45) is 0 Å². The fraction of sp³-hybridized carbons (Fsp3) is 0.280. The zero-order chi connectivity index (χ0) is 24.9. The molecule has 2 atom stereocenters. The Bertz CT molecular complexity index is 1260. The van der Waals surface area contributed by atoms with E-state index >= 15 is 0 Å². The predicted molar refractivity (Wildman–Crippen MR) is 124 cm³/mol. The van der Waals surface area contributed by atoms with Crippen molar-refractivity contribution in [3.8, 4) is 11.6 Å². The number of hydrogen-bond donors (Lipinski definition) is 3. The molecule has 3 aromatic rings. The number of carbonyl (C=O) groups is 3. The third kappa shape index (κ3) is 5.65. The van der Waals surface area contributed by atoms with Gasteiger partial charge in [-0.3, -0.25) is 14.4 Å². The highest BCUT2D eigenvalue weighted by Gasteiger charge is 2.26. The van der Waals surface area contributed by atoms with Gasteiger partial charge in [-0.1, -0.05) is 36.4 Å². The zero-order valence-electron chi connectivity index (χ0n) is 19.0. The Balaban J connectivity index is 1.62. The van der Waals surface area contributed by atoms with Crippen molar-refractivity contribution < 1.29 is 28.6 Å². The minimum Gasteiger partial charge on any atom is -0.481 e. The topological polar surface area (TPSA) is 123 Å². The number of nitrogens with zero attached hydrogens (tertiary/aromatic N) is 2. The summed E-state index contributed by atoms with van der Waals surface area (Å²) in [5, 5.41) is 19.2. The summed E-state index contributed by atoms with van der Waals surface area (Å²) in [4.78, 5) is 36.1. The van der Waals surface area contributed by atoms with Gasteiger partial charge in [-0.15, -0.1) is 0 Å². The van der Waals surface area contributed by atoms with Gasteiger partial charge >= 0.3 is 5.97 Å². The second kappa shape index (κ2) is 10.4. The molecule has 9 nitrogen and oxygen atoms in total. The first-order valence-electron chi connectivity index (χ1n) is 11.2. The lowest BCUT2D eigenvalue weighted by molar-refractivity contribution is -0.137. The fourth-order valence-corrected chi connectivity index (χ4v) is 3.99. The number of nitrogens with one attached hydrogen (secondary N) is 2. The van der Waals surface area contributed by atoms with Crippen LogP contribution in [0.3, 0.4) is 0 Å². The van der Waals surface area contributed by atoms with Crippen molar-refractivity contribution in [2.45, 2.75) is 38.3 Å². The molecule has 1 aliphatic rings. The Hall–Kier alpha value is -4.21. The minimum atomic E-state index is -1.07. The van der Waals surface area contributed by atoms with Crippen LogP contribution in [-0.2, 0) is 9.59 Å². The van der Waals surface area contributed by atoms with Crippen LogP contribution in [0.2, 0.25) is 0 Å². The molecule has 1 aliphatic heterocycles. The molecule has 3 N–H and O–H groups in total. The normalized spacial score (nSPS) is 15.9. The summed E-state index contributed by atoms with van der Waals surface area (Å²) < 4.78 is 21.5. The number of benzene rings is 2. The molecule has 0 spiro atoms. The number of amides is 2. The quantitative estimate of drug-likeness (QED) is 0.433. The lowest BCUT2D eigenvalue weighted by Gasteiger charge is -2.18. The Kier molecular flexibility index (Phi) is 7.09. The van der Waals surface area contributed by atoms with Crippen LogP contribution in [0.15, 0.2) is 54.6 Å². The fourth-order valence-electron chi connectivity index (χ4n) is 3.99. The third-order valence-corrected chi connectivity index (χ3v) is 5.76. The van der Waals surface area contributed by atoms with Gasteiger partial charge in [-0.05, 0) is 36.6 Å². The standard InChI is InChI=1S/C25H25FN4O5/c1-15-6-2-3-7-17(15)19(13-24(32)33)28-25(34)20-12-23(35-14-16-10-11-22(31)27-16)30(29-20)21-9-5-4-8-18(21)26/h2-9,12,16,19H,10-11,13-14H2,1H3,(H,27,31)(H,28,34)(H,32,33)/t16-,19-/m0/s1. The molecule has 10 heteroatoms. The molecule has 0 unspecified atom stereocenters. The van der Waals surface area contributed by atoms with Gasteiger partial charge in [-0.2, -0.15) is 9.78 Å². The summed E-state index contributed by atoms with van der Waals surface area (Å²) in [5.74, 6) is -2.22. The Morgan fingerprint density at radius 2 is 2.00 bits per heavy atom. The van der Waals surface area contributed by atoms with Gasteiger partial charge in [-0.25, -0.2) is 4.39 Å². The van der Waals surface area contributed by atoms with Crippen molar-refractivity contribution in [2.75, 3.05) is 6.61 Å². The average Bonchev–Trinajstić information content (AvgIpc) is 3.43. The second-order valence-corrected chi connectivity index (χ2v) is 8.33. The molecular formula is C25H25FN4O5. The first kappa shape index (κ1) is 23.9. The first-order chi connectivity index (χ1) is 16.8. The monoisotopic (exact) mass is 480 g/mol. The van der Waals surface area contributed by atoms with Crippen LogP contribution in [0.5, 0.6) is 5.88 Å². The Morgan fingerprint density at radius 1 is 1.26 bits per heavy atom. The second-order valence-electron chi connectivity index (χ2n) is 8.33. The van der Waals surface area contributed by atoms with E-state index in [2.05, 4.69) is 15.7 Å². The summed E-state index contributed by atoms with van der Waals surface area (Å²) in [7, 11) is 0. The van der Waals surface area contributed by atoms with Crippen molar-refractivity contribution in [1.82, 2.24) is 20.4 Å². The third-order valence-electron chi connectivity index (χ3n) is 5.76. The number of carboxylic acid groups (broad SMARTS) is 1. The van der Waals surface area contributed by atoms with Crippen LogP contribution in [0.1, 0.15) is 46.9 Å². The number of carboxylic acids is 1. The number of para-hydroxylation sites is 1. The van der Waals surface area contributed by atoms with E-state index in [1.54, 1.807) is 18.2 Å². The van der Waals surface area contributed by atoms with Crippen molar-refractivity contribution in [3.05, 3.63) is 77.2 Å². The molecule has 0 bridgehead atoms. The maximum absolute atomic E-state index is 14.5. The number of ether oxygens (including phenoxy) is 1. The van der Waals surface area contributed by atoms with E-state index in [4.69, 9.17) is 4.74 Å². The molecule has 35 heavy (non-hydrogen) atoms. The van der Waals surface area contributed by atoms with Crippen LogP contribution in [0, 0.1) is 12.7 Å². The molecule has 1 saturated heterocycles. The van der Waals surface area contributed by atoms with E-state index in [1.807, 2.05) is 19.1 Å². The minimum absolute atomic E-state index is 0.0670. The highest BCUT2D eigenvalue weighted by Crippen LogP contribution is 2.25. The first-order valence-corrected chi connectivity index (χ1v) is 11.2. The van der Waals surface area contributed by atoms with E-state index in [0.29, 0.717) is 18.4 Å². The summed E-state index contributed by atoms with van der Waals surface area (Å²) in [6.07, 6.45) is 0.681. The molecule has 1 fully saturated rings. The van der Waals surface area contributed by atoms with Gasteiger partial charge in [0.2, 0.25) is 11.8 Å². The lowest BCUT2D eigenvalue weighted by Crippen LogP contribution is -2.31. The number of aryl methyl sites for hydroxylation is 1. The number of aliphatic carboxylic acids is 1. The number of halogens is 1. The molecule has 0 aliphatic carbocycles. The number of carbonyl (C=O) groups excluding carboxylic acids is 2. The van der Waals surface area contributed by atoms with Crippen LogP contribution in [0.4, 0.5) is 4.39 Å². The number of aromatic nitrogens is 2. The summed E-state index contributed by atoms with van der Waals surface area (Å²) in [6.45, 7) is 1.95. The molecule has 0 saturated carbocycles. The molecule has 1 aromatic heterocycles. The molecule has 182 valence electrons. The molecule has 4 rings (SSSR count). The Morgan fingerprint density at radius 3 is 2.69 bits per heavy atom. The van der Waals surface area contributed by atoms with Gasteiger partial charge < -0.3 is 20.5 Å². The van der Waals surface area contributed by atoms with Gasteiger partial charge in [0.1, 0.15) is 18.1 Å². The molecule has 0 radical (unpaired) electrons. The van der Waals surface area contributed by atoms with Gasteiger partial charge in [0.05, 0.1) is 18.5 Å². The SMILES string of the molecule is Cc1ccccc1[C@H](CC(=O)O)NC(=O)c1cc(OC[C@@H]2CCC(=O)N2)n(-c2ccccc2F)n1. The number of hydrogen-bond acceptors (Lipinski definition) is 5. The van der Waals surface area contributed by atoms with Crippen molar-refractivity contribution in [1.29, 1.82) is 0 Å². The van der Waals surface area contributed by atoms with E-state index in [-0.39, 0.29) is 42.2 Å². The van der Waals surface area contributed by atoms with E-state index in [0.717, 1.165) is 5.56 Å².